The van der Waals surface area contributed by atoms with Gasteiger partial charge in [0.05, 0.1) is 0 Å². The Balaban J connectivity index is 2.11. The molecule has 2 rings (SSSR count). The van der Waals surface area contributed by atoms with E-state index in [-0.39, 0.29) is 11.9 Å². The van der Waals surface area contributed by atoms with E-state index in [1.54, 1.807) is 0 Å². The lowest BCUT2D eigenvalue weighted by molar-refractivity contribution is 0.525. The fourth-order valence-corrected chi connectivity index (χ4v) is 2.37. The summed E-state index contributed by atoms with van der Waals surface area (Å²) in [5, 5.41) is 3.18. The zero-order valence-corrected chi connectivity index (χ0v) is 11.8. The van der Waals surface area contributed by atoms with Crippen LogP contribution in [0, 0.1) is 18.6 Å². The highest BCUT2D eigenvalue weighted by molar-refractivity contribution is 5.24. The smallest absolute Gasteiger partial charge is 0.126 e. The third-order valence-electron chi connectivity index (χ3n) is 3.45. The Morgan fingerprint density at radius 1 is 1.05 bits per heavy atom. The summed E-state index contributed by atoms with van der Waals surface area (Å²) in [7, 11) is 1.84. The zero-order chi connectivity index (χ0) is 14.5. The SMILES string of the molecule is CNC(Cc1cccc(C)c1)Cc1cc(F)ccc1F. The third kappa shape index (κ3) is 3.87. The number of aryl methyl sites for hydroxylation is 1. The molecule has 2 aromatic rings. The van der Waals surface area contributed by atoms with Gasteiger partial charge in [-0.2, -0.15) is 0 Å². The summed E-state index contributed by atoms with van der Waals surface area (Å²) in [5.74, 6) is -0.747. The quantitative estimate of drug-likeness (QED) is 0.878. The highest BCUT2D eigenvalue weighted by Gasteiger charge is 2.12. The van der Waals surface area contributed by atoms with Gasteiger partial charge in [0.15, 0.2) is 0 Å². The van der Waals surface area contributed by atoms with Crippen LogP contribution in [0.2, 0.25) is 0 Å². The van der Waals surface area contributed by atoms with Crippen molar-refractivity contribution in [1.29, 1.82) is 0 Å². The molecule has 0 aliphatic rings. The number of halogens is 2. The molecule has 2 aromatic carbocycles. The second-order valence-corrected chi connectivity index (χ2v) is 5.12. The maximum atomic E-state index is 13.7. The lowest BCUT2D eigenvalue weighted by atomic mass is 9.98. The Hall–Kier alpha value is -1.74. The van der Waals surface area contributed by atoms with Crippen molar-refractivity contribution in [3.8, 4) is 0 Å². The van der Waals surface area contributed by atoms with E-state index in [9.17, 15) is 8.78 Å². The van der Waals surface area contributed by atoms with E-state index in [4.69, 9.17) is 0 Å². The molecule has 106 valence electrons. The van der Waals surface area contributed by atoms with Crippen molar-refractivity contribution in [2.24, 2.45) is 0 Å². The number of nitrogens with one attached hydrogen (secondary N) is 1. The molecule has 0 saturated heterocycles. The fraction of sp³-hybridized carbons (Fsp3) is 0.294. The van der Waals surface area contributed by atoms with Crippen LogP contribution in [0.25, 0.3) is 0 Å². The third-order valence-corrected chi connectivity index (χ3v) is 3.45. The molecular formula is C17H19F2N. The molecule has 0 heterocycles. The summed E-state index contributed by atoms with van der Waals surface area (Å²) >= 11 is 0. The Morgan fingerprint density at radius 2 is 1.85 bits per heavy atom. The van der Waals surface area contributed by atoms with Gasteiger partial charge in [-0.1, -0.05) is 29.8 Å². The van der Waals surface area contributed by atoms with Crippen LogP contribution in [0.15, 0.2) is 42.5 Å². The average molecular weight is 275 g/mol. The summed E-state index contributed by atoms with van der Waals surface area (Å²) in [5.41, 5.74) is 2.81. The van der Waals surface area contributed by atoms with E-state index < -0.39 is 5.82 Å². The molecule has 1 N–H and O–H groups in total. The predicted molar refractivity (Wildman–Crippen MR) is 77.8 cm³/mol. The van der Waals surface area contributed by atoms with Gasteiger partial charge in [-0.15, -0.1) is 0 Å². The van der Waals surface area contributed by atoms with Crippen LogP contribution in [0.3, 0.4) is 0 Å². The molecule has 0 aromatic heterocycles. The largest absolute Gasteiger partial charge is 0.316 e. The van der Waals surface area contributed by atoms with Gasteiger partial charge in [0.1, 0.15) is 11.6 Å². The Morgan fingerprint density at radius 3 is 2.55 bits per heavy atom. The van der Waals surface area contributed by atoms with E-state index >= 15 is 0 Å². The molecule has 1 nitrogen and oxygen atoms in total. The zero-order valence-electron chi connectivity index (χ0n) is 11.8. The molecule has 0 aliphatic carbocycles. The normalized spacial score (nSPS) is 12.4. The van der Waals surface area contributed by atoms with Gasteiger partial charge in [-0.05, 0) is 56.1 Å². The summed E-state index contributed by atoms with van der Waals surface area (Å²) < 4.78 is 26.9. The Bertz CT molecular complexity index is 581. The number of hydrogen-bond donors (Lipinski definition) is 1. The molecule has 0 aliphatic heterocycles. The summed E-state index contributed by atoms with van der Waals surface area (Å²) in [4.78, 5) is 0. The number of hydrogen-bond acceptors (Lipinski definition) is 1. The van der Waals surface area contributed by atoms with Crippen molar-refractivity contribution in [2.45, 2.75) is 25.8 Å². The second kappa shape index (κ2) is 6.62. The van der Waals surface area contributed by atoms with E-state index in [2.05, 4.69) is 17.4 Å². The van der Waals surface area contributed by atoms with E-state index in [0.29, 0.717) is 12.0 Å². The van der Waals surface area contributed by atoms with Gasteiger partial charge in [0, 0.05) is 6.04 Å². The summed E-state index contributed by atoms with van der Waals surface area (Å²) in [6.45, 7) is 2.05. The van der Waals surface area contributed by atoms with E-state index in [0.717, 1.165) is 12.5 Å². The minimum Gasteiger partial charge on any atom is -0.316 e. The maximum absolute atomic E-state index is 13.7. The van der Waals surface area contributed by atoms with Crippen LogP contribution in [0.1, 0.15) is 16.7 Å². The van der Waals surface area contributed by atoms with Crippen LogP contribution in [-0.2, 0) is 12.8 Å². The molecule has 0 amide bonds. The van der Waals surface area contributed by atoms with Gasteiger partial charge in [0.2, 0.25) is 0 Å². The molecule has 0 bridgehead atoms. The predicted octanol–water partition coefficient (Wildman–Crippen LogP) is 3.65. The van der Waals surface area contributed by atoms with E-state index in [1.165, 1.54) is 23.3 Å². The highest BCUT2D eigenvalue weighted by Crippen LogP contribution is 2.14. The first-order chi connectivity index (χ1) is 9.58. The molecule has 0 saturated carbocycles. The lowest BCUT2D eigenvalue weighted by Crippen LogP contribution is -2.30. The van der Waals surface area contributed by atoms with Gasteiger partial charge in [-0.25, -0.2) is 8.78 Å². The van der Waals surface area contributed by atoms with Crippen LogP contribution >= 0.6 is 0 Å². The van der Waals surface area contributed by atoms with Gasteiger partial charge in [0.25, 0.3) is 0 Å². The topological polar surface area (TPSA) is 12.0 Å². The van der Waals surface area contributed by atoms with Crippen molar-refractivity contribution < 1.29 is 8.78 Å². The van der Waals surface area contributed by atoms with Gasteiger partial charge >= 0.3 is 0 Å². The lowest BCUT2D eigenvalue weighted by Gasteiger charge is -2.17. The highest BCUT2D eigenvalue weighted by atomic mass is 19.1. The number of benzene rings is 2. The Kier molecular flexibility index (Phi) is 4.85. The molecular weight excluding hydrogens is 256 g/mol. The standard InChI is InChI=1S/C17H19F2N/c1-12-4-3-5-13(8-12)9-16(20-2)11-14-10-15(18)6-7-17(14)19/h3-8,10,16,20H,9,11H2,1-2H3. The van der Waals surface area contributed by atoms with Crippen molar-refractivity contribution in [3.63, 3.8) is 0 Å². The van der Waals surface area contributed by atoms with Crippen molar-refractivity contribution in [3.05, 3.63) is 70.8 Å². The van der Waals surface area contributed by atoms with Crippen molar-refractivity contribution in [2.75, 3.05) is 7.05 Å². The summed E-state index contributed by atoms with van der Waals surface area (Å²) in [6, 6.07) is 11.9. The monoisotopic (exact) mass is 275 g/mol. The first-order valence-electron chi connectivity index (χ1n) is 6.75. The van der Waals surface area contributed by atoms with Gasteiger partial charge < -0.3 is 5.32 Å². The molecule has 20 heavy (non-hydrogen) atoms. The number of rotatable bonds is 5. The van der Waals surface area contributed by atoms with E-state index in [1.807, 2.05) is 26.1 Å². The Labute approximate surface area is 118 Å². The second-order valence-electron chi connectivity index (χ2n) is 5.12. The molecule has 0 radical (unpaired) electrons. The van der Waals surface area contributed by atoms with Crippen LogP contribution in [0.4, 0.5) is 8.78 Å². The first kappa shape index (κ1) is 14.7. The van der Waals surface area contributed by atoms with Crippen LogP contribution in [-0.4, -0.2) is 13.1 Å². The molecule has 0 spiro atoms. The van der Waals surface area contributed by atoms with Crippen molar-refractivity contribution in [1.82, 2.24) is 5.32 Å². The minimum absolute atomic E-state index is 0.0769. The molecule has 1 unspecified atom stereocenters. The fourth-order valence-electron chi connectivity index (χ4n) is 2.37. The van der Waals surface area contributed by atoms with Crippen LogP contribution in [0.5, 0.6) is 0 Å². The maximum Gasteiger partial charge on any atom is 0.126 e. The van der Waals surface area contributed by atoms with Crippen molar-refractivity contribution >= 4 is 0 Å². The molecule has 3 heteroatoms. The number of likely N-dealkylation sites (N-methyl/N-ethyl adjacent to an activating group) is 1. The first-order valence-corrected chi connectivity index (χ1v) is 6.75. The minimum atomic E-state index is -0.396. The van der Waals surface area contributed by atoms with Gasteiger partial charge in [-0.3, -0.25) is 0 Å². The molecule has 1 atom stereocenters. The average Bonchev–Trinajstić information content (AvgIpc) is 2.42. The summed E-state index contributed by atoms with van der Waals surface area (Å²) in [6.07, 6.45) is 1.25. The molecule has 0 fully saturated rings. The van der Waals surface area contributed by atoms with Crippen LogP contribution < -0.4 is 5.32 Å².